The lowest BCUT2D eigenvalue weighted by Crippen LogP contribution is -2.29. The molecule has 3 aromatic rings. The molecule has 1 aromatic heterocycles. The third kappa shape index (κ3) is 3.12. The van der Waals surface area contributed by atoms with E-state index in [2.05, 4.69) is 15.3 Å². The Morgan fingerprint density at radius 1 is 1.19 bits per heavy atom. The summed E-state index contributed by atoms with van der Waals surface area (Å²) in [5.41, 5.74) is 6.56. The molecule has 3 N–H and O–H groups in total. The third-order valence-electron chi connectivity index (χ3n) is 4.68. The van der Waals surface area contributed by atoms with Gasteiger partial charge < -0.3 is 11.1 Å². The van der Waals surface area contributed by atoms with Crippen molar-refractivity contribution >= 4 is 39.2 Å². The zero-order valence-electron chi connectivity index (χ0n) is 14.4. The molecule has 2 heterocycles. The minimum absolute atomic E-state index is 0.271. The molecule has 26 heavy (non-hydrogen) atoms. The van der Waals surface area contributed by atoms with Gasteiger partial charge in [-0.05, 0) is 43.0 Å². The second-order valence-electron chi connectivity index (χ2n) is 6.52. The Balaban J connectivity index is 1.74. The third-order valence-corrected chi connectivity index (χ3v) is 5.47. The second kappa shape index (κ2) is 6.61. The highest BCUT2D eigenvalue weighted by Crippen LogP contribution is 2.38. The summed E-state index contributed by atoms with van der Waals surface area (Å²) >= 11 is 1.51. The van der Waals surface area contributed by atoms with Crippen molar-refractivity contribution in [1.29, 1.82) is 0 Å². The van der Waals surface area contributed by atoms with Crippen molar-refractivity contribution < 1.29 is 4.39 Å². The first kappa shape index (κ1) is 16.8. The standard InChI is InChI=1S/C20H19FN4S/c1-20(9-11-26-19(22)25-20)16-12-14(6-7-17(16)21)24-18-15-5-3-2-4-13(15)8-10-23-18/h2-8,10,12H,9,11H2,1H3,(H2,22,25)(H,23,24)/t20-/m0/s1. The van der Waals surface area contributed by atoms with Crippen LogP contribution in [-0.2, 0) is 5.54 Å². The van der Waals surface area contributed by atoms with Crippen LogP contribution in [0.15, 0.2) is 59.7 Å². The lowest BCUT2D eigenvalue weighted by Gasteiger charge is -2.30. The van der Waals surface area contributed by atoms with Crippen molar-refractivity contribution in [2.24, 2.45) is 10.7 Å². The predicted octanol–water partition coefficient (Wildman–Crippen LogP) is 4.78. The first-order chi connectivity index (χ1) is 12.5. The fourth-order valence-corrected chi connectivity index (χ4v) is 4.23. The number of nitrogens with one attached hydrogen (secondary N) is 1. The highest BCUT2D eigenvalue weighted by Gasteiger charge is 2.32. The van der Waals surface area contributed by atoms with Crippen LogP contribution in [0.3, 0.4) is 0 Å². The fraction of sp³-hybridized carbons (Fsp3) is 0.200. The lowest BCUT2D eigenvalue weighted by atomic mass is 9.89. The average molecular weight is 366 g/mol. The Kier molecular flexibility index (Phi) is 4.28. The number of rotatable bonds is 3. The van der Waals surface area contributed by atoms with Crippen LogP contribution < -0.4 is 11.1 Å². The summed E-state index contributed by atoms with van der Waals surface area (Å²) in [5.74, 6) is 1.30. The summed E-state index contributed by atoms with van der Waals surface area (Å²) in [7, 11) is 0. The van der Waals surface area contributed by atoms with Gasteiger partial charge in [-0.15, -0.1) is 0 Å². The SMILES string of the molecule is C[C@@]1(c2cc(Nc3nccc4ccccc34)ccc2F)CCSC(N)=N1. The number of hydrogen-bond donors (Lipinski definition) is 2. The van der Waals surface area contributed by atoms with Gasteiger partial charge in [0.1, 0.15) is 11.6 Å². The van der Waals surface area contributed by atoms with Crippen LogP contribution in [-0.4, -0.2) is 15.9 Å². The molecule has 4 nitrogen and oxygen atoms in total. The molecule has 1 atom stereocenters. The van der Waals surface area contributed by atoms with Crippen LogP contribution >= 0.6 is 11.8 Å². The predicted molar refractivity (Wildman–Crippen MR) is 107 cm³/mol. The summed E-state index contributed by atoms with van der Waals surface area (Å²) in [5, 5.41) is 5.94. The molecule has 0 saturated carbocycles. The number of aliphatic imine (C=N–C) groups is 1. The number of thioether (sulfide) groups is 1. The molecule has 1 aliphatic heterocycles. The Labute approximate surface area is 155 Å². The molecule has 0 bridgehead atoms. The number of aromatic nitrogens is 1. The molecule has 2 aromatic carbocycles. The molecule has 132 valence electrons. The molecular formula is C20H19FN4S. The van der Waals surface area contributed by atoms with Gasteiger partial charge in [0, 0.05) is 28.6 Å². The van der Waals surface area contributed by atoms with Crippen LogP contribution in [0.1, 0.15) is 18.9 Å². The molecule has 0 unspecified atom stereocenters. The van der Waals surface area contributed by atoms with Crippen LogP contribution in [0.5, 0.6) is 0 Å². The zero-order chi connectivity index (χ0) is 18.1. The van der Waals surface area contributed by atoms with Gasteiger partial charge in [-0.25, -0.2) is 9.37 Å². The van der Waals surface area contributed by atoms with Gasteiger partial charge in [-0.2, -0.15) is 0 Å². The van der Waals surface area contributed by atoms with E-state index in [0.29, 0.717) is 10.7 Å². The number of amidine groups is 1. The van der Waals surface area contributed by atoms with Crippen LogP contribution in [0.2, 0.25) is 0 Å². The number of nitrogens with zero attached hydrogens (tertiary/aromatic N) is 2. The molecule has 0 saturated heterocycles. The quantitative estimate of drug-likeness (QED) is 0.700. The van der Waals surface area contributed by atoms with E-state index in [4.69, 9.17) is 5.73 Å². The van der Waals surface area contributed by atoms with Gasteiger partial charge in [0.2, 0.25) is 0 Å². The van der Waals surface area contributed by atoms with Gasteiger partial charge in [0.15, 0.2) is 5.17 Å². The molecule has 0 radical (unpaired) electrons. The Bertz CT molecular complexity index is 999. The molecule has 1 aliphatic rings. The highest BCUT2D eigenvalue weighted by molar-refractivity contribution is 8.13. The van der Waals surface area contributed by atoms with Gasteiger partial charge in [0.25, 0.3) is 0 Å². The molecular weight excluding hydrogens is 347 g/mol. The van der Waals surface area contributed by atoms with Crippen molar-refractivity contribution in [3.05, 3.63) is 66.1 Å². The van der Waals surface area contributed by atoms with E-state index in [-0.39, 0.29) is 5.82 Å². The van der Waals surface area contributed by atoms with Gasteiger partial charge in [-0.3, -0.25) is 4.99 Å². The Morgan fingerprint density at radius 2 is 2.04 bits per heavy atom. The van der Waals surface area contributed by atoms with E-state index < -0.39 is 5.54 Å². The summed E-state index contributed by atoms with van der Waals surface area (Å²) < 4.78 is 14.6. The highest BCUT2D eigenvalue weighted by atomic mass is 32.2. The average Bonchev–Trinajstić information content (AvgIpc) is 2.63. The number of pyridine rings is 1. The minimum Gasteiger partial charge on any atom is -0.379 e. The summed E-state index contributed by atoms with van der Waals surface area (Å²) in [6.45, 7) is 1.93. The number of benzene rings is 2. The van der Waals surface area contributed by atoms with Crippen molar-refractivity contribution in [2.45, 2.75) is 18.9 Å². The maximum absolute atomic E-state index is 14.6. The smallest absolute Gasteiger partial charge is 0.154 e. The minimum atomic E-state index is -0.650. The molecule has 0 spiro atoms. The topological polar surface area (TPSA) is 63.3 Å². The van der Waals surface area contributed by atoms with Crippen LogP contribution in [0, 0.1) is 5.82 Å². The first-order valence-electron chi connectivity index (χ1n) is 8.44. The number of hydrogen-bond acceptors (Lipinski definition) is 5. The van der Waals surface area contributed by atoms with E-state index >= 15 is 0 Å². The molecule has 4 rings (SSSR count). The van der Waals surface area contributed by atoms with E-state index in [1.807, 2.05) is 43.3 Å². The maximum Gasteiger partial charge on any atom is 0.154 e. The second-order valence-corrected chi connectivity index (χ2v) is 7.64. The fourth-order valence-electron chi connectivity index (χ4n) is 3.25. The summed E-state index contributed by atoms with van der Waals surface area (Å²) in [4.78, 5) is 8.96. The summed E-state index contributed by atoms with van der Waals surface area (Å²) in [6, 6.07) is 15.0. The van der Waals surface area contributed by atoms with E-state index in [9.17, 15) is 4.39 Å². The van der Waals surface area contributed by atoms with Gasteiger partial charge >= 0.3 is 0 Å². The first-order valence-corrected chi connectivity index (χ1v) is 9.43. The largest absolute Gasteiger partial charge is 0.379 e. The number of fused-ring (bicyclic) bond motifs is 1. The monoisotopic (exact) mass is 366 g/mol. The van der Waals surface area contributed by atoms with Crippen molar-refractivity contribution in [1.82, 2.24) is 4.98 Å². The van der Waals surface area contributed by atoms with E-state index in [1.165, 1.54) is 17.8 Å². The van der Waals surface area contributed by atoms with E-state index in [1.54, 1.807) is 12.3 Å². The normalized spacial score (nSPS) is 20.0. The zero-order valence-corrected chi connectivity index (χ0v) is 15.2. The Hall–Kier alpha value is -2.60. The molecule has 0 aliphatic carbocycles. The molecule has 0 amide bonds. The number of anilines is 2. The number of halogens is 1. The van der Waals surface area contributed by atoms with Crippen LogP contribution in [0.4, 0.5) is 15.9 Å². The summed E-state index contributed by atoms with van der Waals surface area (Å²) in [6.07, 6.45) is 2.50. The van der Waals surface area contributed by atoms with Crippen LogP contribution in [0.25, 0.3) is 10.8 Å². The van der Waals surface area contributed by atoms with Gasteiger partial charge in [0.05, 0.1) is 5.54 Å². The molecule has 0 fully saturated rings. The van der Waals surface area contributed by atoms with Crippen molar-refractivity contribution in [2.75, 3.05) is 11.1 Å². The molecule has 6 heteroatoms. The van der Waals surface area contributed by atoms with Crippen molar-refractivity contribution in [3.63, 3.8) is 0 Å². The van der Waals surface area contributed by atoms with Gasteiger partial charge in [-0.1, -0.05) is 36.0 Å². The Morgan fingerprint density at radius 3 is 2.88 bits per heavy atom. The lowest BCUT2D eigenvalue weighted by molar-refractivity contribution is 0.450. The maximum atomic E-state index is 14.6. The van der Waals surface area contributed by atoms with Crippen molar-refractivity contribution in [3.8, 4) is 0 Å². The number of nitrogens with two attached hydrogens (primary N) is 1. The van der Waals surface area contributed by atoms with E-state index in [0.717, 1.165) is 34.5 Å².